The van der Waals surface area contributed by atoms with Crippen LogP contribution in [0.4, 0.5) is 5.69 Å². The van der Waals surface area contributed by atoms with Gasteiger partial charge in [-0.05, 0) is 48.2 Å². The maximum atomic E-state index is 12.9. The van der Waals surface area contributed by atoms with Crippen molar-refractivity contribution in [3.05, 3.63) is 90.5 Å². The number of nitrogens with zero attached hydrogens (tertiary/aromatic N) is 1. The normalized spacial score (nSPS) is 16.7. The summed E-state index contributed by atoms with van der Waals surface area (Å²) in [4.78, 5) is 14.9. The summed E-state index contributed by atoms with van der Waals surface area (Å²) in [6, 6.07) is 28.7. The first kappa shape index (κ1) is 17.3. The van der Waals surface area contributed by atoms with Gasteiger partial charge in [-0.1, -0.05) is 60.7 Å². The second-order valence-corrected chi connectivity index (χ2v) is 7.04. The molecule has 1 fully saturated rings. The van der Waals surface area contributed by atoms with Crippen LogP contribution in [0.25, 0.3) is 11.1 Å². The fourth-order valence-corrected chi connectivity index (χ4v) is 3.67. The zero-order valence-electron chi connectivity index (χ0n) is 15.3. The van der Waals surface area contributed by atoms with Crippen molar-refractivity contribution in [2.45, 2.75) is 18.9 Å². The first-order valence-corrected chi connectivity index (χ1v) is 9.56. The zero-order chi connectivity index (χ0) is 18.5. The Hall–Kier alpha value is -3.07. The Morgan fingerprint density at radius 1 is 0.815 bits per heavy atom. The largest absolute Gasteiger partial charge is 0.381 e. The predicted molar refractivity (Wildman–Crippen MR) is 111 cm³/mol. The first-order valence-electron chi connectivity index (χ1n) is 9.56. The van der Waals surface area contributed by atoms with Crippen LogP contribution >= 0.6 is 0 Å². The predicted octanol–water partition coefficient (Wildman–Crippen LogP) is 5.07. The molecule has 1 atom stereocenters. The van der Waals surface area contributed by atoms with Gasteiger partial charge >= 0.3 is 0 Å². The maximum Gasteiger partial charge on any atom is 0.253 e. The average molecular weight is 356 g/mol. The molecule has 0 bridgehead atoms. The van der Waals surface area contributed by atoms with Crippen molar-refractivity contribution in [2.24, 2.45) is 0 Å². The Labute approximate surface area is 160 Å². The molecule has 1 amide bonds. The fraction of sp³-hybridized carbons (Fsp3) is 0.208. The van der Waals surface area contributed by atoms with Crippen molar-refractivity contribution >= 4 is 11.6 Å². The Bertz CT molecular complexity index is 875. The molecular weight excluding hydrogens is 332 g/mol. The number of anilines is 1. The third-order valence-corrected chi connectivity index (χ3v) is 5.09. The molecule has 1 unspecified atom stereocenters. The molecule has 1 heterocycles. The smallest absolute Gasteiger partial charge is 0.253 e. The number of para-hydroxylation sites is 1. The molecule has 3 heteroatoms. The highest BCUT2D eigenvalue weighted by atomic mass is 16.2. The average Bonchev–Trinajstić information content (AvgIpc) is 2.75. The van der Waals surface area contributed by atoms with E-state index < -0.39 is 0 Å². The van der Waals surface area contributed by atoms with E-state index in [-0.39, 0.29) is 5.91 Å². The Balaban J connectivity index is 1.42. The SMILES string of the molecule is O=C(c1ccc(-c2ccccc2)cc1)N1CCCC(Nc2ccccc2)C1. The number of rotatable bonds is 4. The van der Waals surface area contributed by atoms with E-state index in [9.17, 15) is 4.79 Å². The van der Waals surface area contributed by atoms with Crippen LogP contribution in [0.2, 0.25) is 0 Å². The number of carbonyl (C=O) groups is 1. The summed E-state index contributed by atoms with van der Waals surface area (Å²) in [6.45, 7) is 1.57. The molecule has 27 heavy (non-hydrogen) atoms. The summed E-state index contributed by atoms with van der Waals surface area (Å²) in [6.07, 6.45) is 2.12. The molecule has 1 aliphatic heterocycles. The number of likely N-dealkylation sites (tertiary alicyclic amines) is 1. The summed E-state index contributed by atoms with van der Waals surface area (Å²) in [5.41, 5.74) is 4.18. The van der Waals surface area contributed by atoms with Crippen molar-refractivity contribution in [1.29, 1.82) is 0 Å². The van der Waals surface area contributed by atoms with Crippen LogP contribution in [0.5, 0.6) is 0 Å². The van der Waals surface area contributed by atoms with Crippen LogP contribution in [0.15, 0.2) is 84.9 Å². The molecule has 3 aromatic carbocycles. The number of hydrogen-bond donors (Lipinski definition) is 1. The van der Waals surface area contributed by atoms with Gasteiger partial charge in [-0.3, -0.25) is 4.79 Å². The van der Waals surface area contributed by atoms with E-state index >= 15 is 0 Å². The molecular formula is C24H24N2O. The van der Waals surface area contributed by atoms with E-state index in [4.69, 9.17) is 0 Å². The molecule has 4 rings (SSSR count). The van der Waals surface area contributed by atoms with E-state index in [0.29, 0.717) is 6.04 Å². The molecule has 0 spiro atoms. The fourth-order valence-electron chi connectivity index (χ4n) is 3.67. The highest BCUT2D eigenvalue weighted by molar-refractivity contribution is 5.94. The molecule has 3 nitrogen and oxygen atoms in total. The Kier molecular flexibility index (Phi) is 5.20. The monoisotopic (exact) mass is 356 g/mol. The molecule has 136 valence electrons. The molecule has 0 radical (unpaired) electrons. The summed E-state index contributed by atoms with van der Waals surface area (Å²) >= 11 is 0. The molecule has 1 aliphatic rings. The lowest BCUT2D eigenvalue weighted by Gasteiger charge is -2.33. The standard InChI is InChI=1S/C24H24N2O/c27-24(21-15-13-20(14-16-21)19-8-3-1-4-9-19)26-17-7-12-23(18-26)25-22-10-5-2-6-11-22/h1-6,8-11,13-16,23,25H,7,12,17-18H2. The zero-order valence-corrected chi connectivity index (χ0v) is 15.3. The minimum absolute atomic E-state index is 0.120. The molecule has 0 saturated carbocycles. The van der Waals surface area contributed by atoms with Gasteiger partial charge in [-0.25, -0.2) is 0 Å². The van der Waals surface area contributed by atoms with E-state index in [1.165, 1.54) is 5.56 Å². The van der Waals surface area contributed by atoms with Crippen molar-refractivity contribution < 1.29 is 4.79 Å². The van der Waals surface area contributed by atoms with Crippen molar-refractivity contribution in [3.8, 4) is 11.1 Å². The number of nitrogens with one attached hydrogen (secondary N) is 1. The van der Waals surface area contributed by atoms with Gasteiger partial charge in [0.2, 0.25) is 0 Å². The molecule has 1 N–H and O–H groups in total. The quantitative estimate of drug-likeness (QED) is 0.708. The number of amides is 1. The van der Waals surface area contributed by atoms with E-state index in [2.05, 4.69) is 29.6 Å². The minimum Gasteiger partial charge on any atom is -0.381 e. The van der Waals surface area contributed by atoms with Crippen molar-refractivity contribution in [2.75, 3.05) is 18.4 Å². The van der Waals surface area contributed by atoms with Crippen molar-refractivity contribution in [1.82, 2.24) is 4.90 Å². The summed E-state index contributed by atoms with van der Waals surface area (Å²) in [5, 5.41) is 3.55. The van der Waals surface area contributed by atoms with Gasteiger partial charge in [0.15, 0.2) is 0 Å². The van der Waals surface area contributed by atoms with Gasteiger partial charge in [-0.15, -0.1) is 0 Å². The van der Waals surface area contributed by atoms with E-state index in [0.717, 1.165) is 42.7 Å². The highest BCUT2D eigenvalue weighted by Crippen LogP contribution is 2.21. The lowest BCUT2D eigenvalue weighted by Crippen LogP contribution is -2.45. The van der Waals surface area contributed by atoms with Gasteiger partial charge in [0.1, 0.15) is 0 Å². The maximum absolute atomic E-state index is 12.9. The topological polar surface area (TPSA) is 32.3 Å². The van der Waals surface area contributed by atoms with Crippen LogP contribution in [-0.2, 0) is 0 Å². The van der Waals surface area contributed by atoms with Gasteiger partial charge < -0.3 is 10.2 Å². The molecule has 0 aromatic heterocycles. The highest BCUT2D eigenvalue weighted by Gasteiger charge is 2.24. The number of benzene rings is 3. The number of hydrogen-bond acceptors (Lipinski definition) is 2. The van der Waals surface area contributed by atoms with Crippen LogP contribution in [0, 0.1) is 0 Å². The van der Waals surface area contributed by atoms with Crippen LogP contribution in [0.1, 0.15) is 23.2 Å². The Morgan fingerprint density at radius 2 is 1.44 bits per heavy atom. The Morgan fingerprint density at radius 3 is 2.15 bits per heavy atom. The van der Waals surface area contributed by atoms with Crippen molar-refractivity contribution in [3.63, 3.8) is 0 Å². The van der Waals surface area contributed by atoms with Crippen LogP contribution < -0.4 is 5.32 Å². The lowest BCUT2D eigenvalue weighted by atomic mass is 10.0. The molecule has 1 saturated heterocycles. The van der Waals surface area contributed by atoms with E-state index in [1.54, 1.807) is 0 Å². The van der Waals surface area contributed by atoms with Crippen LogP contribution in [-0.4, -0.2) is 29.9 Å². The minimum atomic E-state index is 0.120. The number of piperidine rings is 1. The molecule has 3 aromatic rings. The van der Waals surface area contributed by atoms with Gasteiger partial charge in [0, 0.05) is 30.4 Å². The second-order valence-electron chi connectivity index (χ2n) is 7.04. The molecule has 0 aliphatic carbocycles. The third kappa shape index (κ3) is 4.20. The first-order chi connectivity index (χ1) is 13.3. The lowest BCUT2D eigenvalue weighted by molar-refractivity contribution is 0.0715. The van der Waals surface area contributed by atoms with Gasteiger partial charge in [0.25, 0.3) is 5.91 Å². The number of carbonyl (C=O) groups excluding carboxylic acids is 1. The summed E-state index contributed by atoms with van der Waals surface area (Å²) in [5.74, 6) is 0.120. The third-order valence-electron chi connectivity index (χ3n) is 5.09. The van der Waals surface area contributed by atoms with Crippen LogP contribution in [0.3, 0.4) is 0 Å². The van der Waals surface area contributed by atoms with Gasteiger partial charge in [-0.2, -0.15) is 0 Å². The van der Waals surface area contributed by atoms with E-state index in [1.807, 2.05) is 65.6 Å². The summed E-state index contributed by atoms with van der Waals surface area (Å²) in [7, 11) is 0. The van der Waals surface area contributed by atoms with Gasteiger partial charge in [0.05, 0.1) is 0 Å². The summed E-state index contributed by atoms with van der Waals surface area (Å²) < 4.78 is 0. The second kappa shape index (κ2) is 8.09.